The first-order valence-electron chi connectivity index (χ1n) is 9.66. The smallest absolute Gasteiger partial charge is 0.248 e. The summed E-state index contributed by atoms with van der Waals surface area (Å²) in [6.07, 6.45) is 3.75. The van der Waals surface area contributed by atoms with Crippen LogP contribution in [0.5, 0.6) is 23.0 Å². The first-order valence-corrected chi connectivity index (χ1v) is 9.66. The lowest BCUT2D eigenvalue weighted by molar-refractivity contribution is -0.118. The van der Waals surface area contributed by atoms with Crippen LogP contribution in [0, 0.1) is 0 Å². The van der Waals surface area contributed by atoms with Gasteiger partial charge in [0.15, 0.2) is 0 Å². The van der Waals surface area contributed by atoms with E-state index in [9.17, 15) is 14.4 Å². The fourth-order valence-electron chi connectivity index (χ4n) is 2.83. The molecule has 0 bridgehead atoms. The fourth-order valence-corrected chi connectivity index (χ4v) is 2.83. The van der Waals surface area contributed by atoms with Gasteiger partial charge < -0.3 is 34.4 Å². The maximum atomic E-state index is 12.5. The van der Waals surface area contributed by atoms with Gasteiger partial charge in [0.1, 0.15) is 29.3 Å². The van der Waals surface area contributed by atoms with Gasteiger partial charge in [0, 0.05) is 36.7 Å². The van der Waals surface area contributed by atoms with Crippen molar-refractivity contribution in [2.24, 2.45) is 0 Å². The Morgan fingerprint density at radius 2 is 1.53 bits per heavy atom. The van der Waals surface area contributed by atoms with E-state index in [4.69, 9.17) is 18.9 Å². The highest BCUT2D eigenvalue weighted by atomic mass is 16.5. The summed E-state index contributed by atoms with van der Waals surface area (Å²) < 4.78 is 21.2. The van der Waals surface area contributed by atoms with Crippen LogP contribution in [0.25, 0.3) is 6.08 Å². The molecule has 9 heteroatoms. The van der Waals surface area contributed by atoms with E-state index in [0.717, 1.165) is 0 Å². The van der Waals surface area contributed by atoms with E-state index in [-0.39, 0.29) is 18.7 Å². The maximum absolute atomic E-state index is 12.5. The average Bonchev–Trinajstić information content (AvgIpc) is 2.80. The van der Waals surface area contributed by atoms with E-state index in [0.29, 0.717) is 46.2 Å². The first-order chi connectivity index (χ1) is 15.4. The summed E-state index contributed by atoms with van der Waals surface area (Å²) in [7, 11) is 6.01. The lowest BCUT2D eigenvalue weighted by atomic mass is 10.1. The zero-order valence-corrected chi connectivity index (χ0v) is 18.4. The van der Waals surface area contributed by atoms with Crippen LogP contribution in [0.2, 0.25) is 0 Å². The molecule has 0 aliphatic rings. The van der Waals surface area contributed by atoms with E-state index in [1.807, 2.05) is 0 Å². The van der Waals surface area contributed by atoms with Gasteiger partial charge in [0.2, 0.25) is 11.8 Å². The van der Waals surface area contributed by atoms with E-state index >= 15 is 0 Å². The number of anilines is 2. The van der Waals surface area contributed by atoms with Gasteiger partial charge in [-0.25, -0.2) is 0 Å². The lowest BCUT2D eigenvalue weighted by Gasteiger charge is -2.13. The van der Waals surface area contributed by atoms with Gasteiger partial charge in [-0.1, -0.05) is 0 Å². The van der Waals surface area contributed by atoms with E-state index in [1.165, 1.54) is 34.5 Å². The highest BCUT2D eigenvalue weighted by molar-refractivity contribution is 6.03. The molecule has 2 aromatic rings. The van der Waals surface area contributed by atoms with Crippen LogP contribution in [0.15, 0.2) is 36.4 Å². The van der Waals surface area contributed by atoms with Crippen molar-refractivity contribution >= 4 is 35.6 Å². The second-order valence-corrected chi connectivity index (χ2v) is 6.44. The van der Waals surface area contributed by atoms with E-state index in [1.54, 1.807) is 36.4 Å². The van der Waals surface area contributed by atoms with Crippen LogP contribution < -0.4 is 29.6 Å². The Hall–Kier alpha value is -4.01. The average molecular weight is 442 g/mol. The fraction of sp³-hybridized carbons (Fsp3) is 0.261. The molecule has 2 aromatic carbocycles. The quantitative estimate of drug-likeness (QED) is 0.406. The highest BCUT2D eigenvalue weighted by Crippen LogP contribution is 2.35. The van der Waals surface area contributed by atoms with Gasteiger partial charge in [-0.15, -0.1) is 0 Å². The Morgan fingerprint density at radius 1 is 0.875 bits per heavy atom. The van der Waals surface area contributed by atoms with Crippen molar-refractivity contribution in [2.75, 3.05) is 39.1 Å². The molecule has 0 saturated carbocycles. The Kier molecular flexibility index (Phi) is 9.09. The van der Waals surface area contributed by atoms with Crippen molar-refractivity contribution in [2.45, 2.75) is 12.8 Å². The van der Waals surface area contributed by atoms with Crippen LogP contribution in [0.1, 0.15) is 18.4 Å². The lowest BCUT2D eigenvalue weighted by Crippen LogP contribution is -2.13. The van der Waals surface area contributed by atoms with Crippen molar-refractivity contribution in [3.63, 3.8) is 0 Å². The minimum absolute atomic E-state index is 0.0531. The molecule has 9 nitrogen and oxygen atoms in total. The summed E-state index contributed by atoms with van der Waals surface area (Å²) >= 11 is 0. The van der Waals surface area contributed by atoms with Crippen molar-refractivity contribution in [3.05, 3.63) is 42.0 Å². The van der Waals surface area contributed by atoms with Crippen LogP contribution in [0.4, 0.5) is 11.4 Å². The van der Waals surface area contributed by atoms with Gasteiger partial charge in [0.05, 0.1) is 39.7 Å². The third-order valence-electron chi connectivity index (χ3n) is 4.38. The molecule has 2 N–H and O–H groups in total. The normalized spacial score (nSPS) is 10.4. The molecule has 0 heterocycles. The largest absolute Gasteiger partial charge is 0.496 e. The Bertz CT molecular complexity index is 977. The number of hydrogen-bond acceptors (Lipinski definition) is 7. The molecule has 0 radical (unpaired) electrons. The number of amides is 2. The molecule has 0 aliphatic carbocycles. The summed E-state index contributed by atoms with van der Waals surface area (Å²) in [6.45, 7) is 0. The SMILES string of the molecule is COc1cc(OC)c(/C=C/C(=O)Nc2ccc(OC)c(NC(=O)CCC=O)c2)c(OC)c1. The van der Waals surface area contributed by atoms with Gasteiger partial charge in [-0.3, -0.25) is 9.59 Å². The number of carbonyl (C=O) groups excluding carboxylic acids is 3. The van der Waals surface area contributed by atoms with Gasteiger partial charge >= 0.3 is 0 Å². The Morgan fingerprint density at radius 3 is 2.09 bits per heavy atom. The summed E-state index contributed by atoms with van der Waals surface area (Å²) in [5.74, 6) is 1.20. The molecule has 0 aliphatic heterocycles. The molecular formula is C23H26N2O7. The third kappa shape index (κ3) is 6.49. The standard InChI is InChI=1S/C23H26N2O7/c1-29-16-13-20(31-3)17(21(14-16)32-4)8-10-23(28)24-15-7-9-19(30-2)18(12-15)25-22(27)6-5-11-26/h7-14H,5-6H2,1-4H3,(H,24,28)(H,25,27)/b10-8+. The second-order valence-electron chi connectivity index (χ2n) is 6.44. The molecule has 32 heavy (non-hydrogen) atoms. The number of benzene rings is 2. The van der Waals surface area contributed by atoms with Crippen molar-refractivity contribution in [1.29, 1.82) is 0 Å². The van der Waals surface area contributed by atoms with Crippen molar-refractivity contribution < 1.29 is 33.3 Å². The Balaban J connectivity index is 2.19. The number of aldehydes is 1. The minimum Gasteiger partial charge on any atom is -0.496 e. The molecule has 2 rings (SSSR count). The van der Waals surface area contributed by atoms with E-state index < -0.39 is 5.91 Å². The highest BCUT2D eigenvalue weighted by Gasteiger charge is 2.12. The predicted molar refractivity (Wildman–Crippen MR) is 121 cm³/mol. The second kappa shape index (κ2) is 12.0. The maximum Gasteiger partial charge on any atom is 0.248 e. The summed E-state index contributed by atoms with van der Waals surface area (Å²) in [5, 5.41) is 5.39. The molecule has 0 spiro atoms. The molecule has 0 saturated heterocycles. The molecule has 0 fully saturated rings. The zero-order chi connectivity index (χ0) is 23.5. The molecule has 2 amide bonds. The van der Waals surface area contributed by atoms with Gasteiger partial charge in [-0.2, -0.15) is 0 Å². The third-order valence-corrected chi connectivity index (χ3v) is 4.38. The number of methoxy groups -OCH3 is 4. The summed E-state index contributed by atoms with van der Waals surface area (Å²) in [5.41, 5.74) is 1.40. The number of nitrogens with one attached hydrogen (secondary N) is 2. The number of ether oxygens (including phenoxy) is 4. The number of hydrogen-bond donors (Lipinski definition) is 2. The molecule has 0 unspecified atom stereocenters. The predicted octanol–water partition coefficient (Wildman–Crippen LogP) is 3.29. The van der Waals surface area contributed by atoms with Crippen LogP contribution in [0.3, 0.4) is 0 Å². The first kappa shape index (κ1) is 24.3. The summed E-state index contributed by atoms with van der Waals surface area (Å²) in [6, 6.07) is 8.19. The topological polar surface area (TPSA) is 112 Å². The zero-order valence-electron chi connectivity index (χ0n) is 18.4. The van der Waals surface area contributed by atoms with Gasteiger partial charge in [-0.05, 0) is 24.3 Å². The van der Waals surface area contributed by atoms with E-state index in [2.05, 4.69) is 10.6 Å². The summed E-state index contributed by atoms with van der Waals surface area (Å²) in [4.78, 5) is 34.9. The Labute approximate surface area is 186 Å². The molecule has 0 aromatic heterocycles. The minimum atomic E-state index is -0.409. The molecule has 170 valence electrons. The van der Waals surface area contributed by atoms with Crippen molar-refractivity contribution in [1.82, 2.24) is 0 Å². The number of carbonyl (C=O) groups is 3. The molecule has 0 atom stereocenters. The van der Waals surface area contributed by atoms with Gasteiger partial charge in [0.25, 0.3) is 0 Å². The van der Waals surface area contributed by atoms with Crippen molar-refractivity contribution in [3.8, 4) is 23.0 Å². The number of rotatable bonds is 11. The monoisotopic (exact) mass is 442 g/mol. The molecular weight excluding hydrogens is 416 g/mol. The van der Waals surface area contributed by atoms with Crippen LogP contribution in [-0.4, -0.2) is 46.5 Å². The van der Waals surface area contributed by atoms with Crippen LogP contribution in [-0.2, 0) is 14.4 Å². The van der Waals surface area contributed by atoms with Crippen LogP contribution >= 0.6 is 0 Å².